The third-order valence-electron chi connectivity index (χ3n) is 6.70. The van der Waals surface area contributed by atoms with Crippen molar-refractivity contribution < 1.29 is 14.3 Å². The first-order chi connectivity index (χ1) is 16.9. The Morgan fingerprint density at radius 3 is 2.66 bits per heavy atom. The lowest BCUT2D eigenvalue weighted by atomic mass is 9.93. The molecule has 0 bridgehead atoms. The minimum Gasteiger partial charge on any atom is -0.393 e. The average molecular weight is 475 g/mol. The first-order valence-corrected chi connectivity index (χ1v) is 11.8. The van der Waals surface area contributed by atoms with Gasteiger partial charge in [-0.2, -0.15) is 5.10 Å². The third-order valence-corrected chi connectivity index (χ3v) is 6.70. The average Bonchev–Trinajstić information content (AvgIpc) is 3.27. The zero-order valence-corrected chi connectivity index (χ0v) is 19.4. The molecular weight excluding hydrogens is 447 g/mol. The molecule has 5 rings (SSSR count). The number of halogens is 1. The fourth-order valence-corrected chi connectivity index (χ4v) is 4.79. The van der Waals surface area contributed by atoms with Crippen molar-refractivity contribution in [3.63, 3.8) is 0 Å². The minimum absolute atomic E-state index is 0.0306. The Balaban J connectivity index is 1.38. The Bertz CT molecular complexity index is 1450. The molecule has 0 saturated heterocycles. The molecule has 0 unspecified atom stereocenters. The van der Waals surface area contributed by atoms with E-state index in [1.165, 1.54) is 16.7 Å². The number of aliphatic hydroxyl groups is 1. The van der Waals surface area contributed by atoms with Gasteiger partial charge in [0, 0.05) is 42.0 Å². The number of rotatable bonds is 5. The van der Waals surface area contributed by atoms with Crippen LogP contribution >= 0.6 is 0 Å². The molecule has 1 aliphatic rings. The molecule has 4 aromatic rings. The zero-order chi connectivity index (χ0) is 24.5. The molecule has 0 aliphatic heterocycles. The van der Waals surface area contributed by atoms with Gasteiger partial charge in [0.05, 0.1) is 18.3 Å². The van der Waals surface area contributed by atoms with Gasteiger partial charge in [-0.3, -0.25) is 14.3 Å². The minimum atomic E-state index is -0.527. The van der Waals surface area contributed by atoms with Crippen molar-refractivity contribution in [2.24, 2.45) is 7.05 Å². The summed E-state index contributed by atoms with van der Waals surface area (Å²) in [6.07, 6.45) is 5.79. The van der Waals surface area contributed by atoms with Crippen molar-refractivity contribution in [3.8, 4) is 11.3 Å². The van der Waals surface area contributed by atoms with Crippen LogP contribution in [0.1, 0.15) is 41.6 Å². The fraction of sp³-hybridized carbons (Fsp3) is 0.296. The van der Waals surface area contributed by atoms with Crippen LogP contribution in [0.25, 0.3) is 22.0 Å². The predicted octanol–water partition coefficient (Wildman–Crippen LogP) is 3.62. The normalized spacial score (nSPS) is 18.0. The lowest BCUT2D eigenvalue weighted by Crippen LogP contribution is -2.38. The molecule has 2 aromatic heterocycles. The van der Waals surface area contributed by atoms with Crippen molar-refractivity contribution in [2.45, 2.75) is 44.4 Å². The highest BCUT2D eigenvalue weighted by Crippen LogP contribution is 2.23. The molecular formula is C27H27FN4O3. The van der Waals surface area contributed by atoms with Gasteiger partial charge in [-0.1, -0.05) is 6.07 Å². The molecule has 180 valence electrons. The van der Waals surface area contributed by atoms with E-state index in [0.29, 0.717) is 36.6 Å². The fourth-order valence-electron chi connectivity index (χ4n) is 4.79. The molecule has 1 aliphatic carbocycles. The van der Waals surface area contributed by atoms with Crippen LogP contribution in [0.3, 0.4) is 0 Å². The van der Waals surface area contributed by atoms with E-state index in [0.717, 1.165) is 16.6 Å². The second-order valence-corrected chi connectivity index (χ2v) is 9.22. The number of hydrogen-bond donors (Lipinski definition) is 2. The van der Waals surface area contributed by atoms with Crippen molar-refractivity contribution in [1.29, 1.82) is 0 Å². The summed E-state index contributed by atoms with van der Waals surface area (Å²) in [6, 6.07) is 13.6. The molecule has 2 aromatic carbocycles. The number of hydrogen-bond acceptors (Lipinski definition) is 4. The van der Waals surface area contributed by atoms with Crippen LogP contribution in [-0.2, 0) is 13.6 Å². The second-order valence-electron chi connectivity index (χ2n) is 9.22. The largest absolute Gasteiger partial charge is 0.393 e. The maximum atomic E-state index is 14.4. The van der Waals surface area contributed by atoms with Crippen molar-refractivity contribution in [1.82, 2.24) is 19.7 Å². The van der Waals surface area contributed by atoms with Crippen LogP contribution in [0.15, 0.2) is 65.7 Å². The molecule has 0 radical (unpaired) electrons. The van der Waals surface area contributed by atoms with Gasteiger partial charge in [0.25, 0.3) is 11.5 Å². The van der Waals surface area contributed by atoms with E-state index in [-0.39, 0.29) is 35.7 Å². The van der Waals surface area contributed by atoms with Gasteiger partial charge in [0.15, 0.2) is 0 Å². The molecule has 1 amide bonds. The molecule has 0 spiro atoms. The lowest BCUT2D eigenvalue weighted by molar-refractivity contribution is 0.0867. The van der Waals surface area contributed by atoms with Crippen molar-refractivity contribution in [2.75, 3.05) is 0 Å². The van der Waals surface area contributed by atoms with Crippen LogP contribution < -0.4 is 10.9 Å². The summed E-state index contributed by atoms with van der Waals surface area (Å²) in [5.74, 6) is -0.873. The highest BCUT2D eigenvalue weighted by Gasteiger charge is 2.21. The van der Waals surface area contributed by atoms with E-state index >= 15 is 0 Å². The van der Waals surface area contributed by atoms with Gasteiger partial charge in [0.2, 0.25) is 0 Å². The first kappa shape index (κ1) is 23.0. The van der Waals surface area contributed by atoms with Crippen molar-refractivity contribution in [3.05, 3.63) is 88.2 Å². The van der Waals surface area contributed by atoms with Gasteiger partial charge in [-0.15, -0.1) is 0 Å². The Hall–Kier alpha value is -3.78. The number of benzene rings is 2. The number of nitrogens with one attached hydrogen (secondary N) is 1. The number of aromatic nitrogens is 3. The summed E-state index contributed by atoms with van der Waals surface area (Å²) < 4.78 is 17.7. The molecule has 8 heteroatoms. The number of nitrogens with zero attached hydrogens (tertiary/aromatic N) is 3. The maximum absolute atomic E-state index is 14.4. The standard InChI is InChI=1S/C27H27FN4O3/c1-31-25(8-10-29-31)19-2-7-24-18(14-19)9-11-32(27(24)35)16-17-12-20(15-21(28)13-17)26(34)30-22-3-5-23(33)6-4-22/h2,7-15,22-23,33H,3-6,16H2,1H3,(H,30,34)/t22-,23-. The maximum Gasteiger partial charge on any atom is 0.258 e. The summed E-state index contributed by atoms with van der Waals surface area (Å²) in [6.45, 7) is 0.145. The Morgan fingerprint density at radius 2 is 1.91 bits per heavy atom. The number of aliphatic hydroxyl groups excluding tert-OH is 1. The Kier molecular flexibility index (Phi) is 6.21. The summed E-state index contributed by atoms with van der Waals surface area (Å²) in [5.41, 5.74) is 2.48. The molecule has 1 saturated carbocycles. The summed E-state index contributed by atoms with van der Waals surface area (Å²) >= 11 is 0. The van der Waals surface area contributed by atoms with E-state index in [9.17, 15) is 19.1 Å². The molecule has 2 heterocycles. The number of carbonyl (C=O) groups excluding carboxylic acids is 1. The Labute approximate surface area is 201 Å². The molecule has 0 atom stereocenters. The first-order valence-electron chi connectivity index (χ1n) is 11.8. The number of pyridine rings is 1. The SMILES string of the molecule is Cn1nccc1-c1ccc2c(=O)n(Cc3cc(F)cc(C(=O)N[C@H]4CC[C@H](O)CC4)c3)ccc2c1. The van der Waals surface area contributed by atoms with E-state index < -0.39 is 5.82 Å². The van der Waals surface area contributed by atoms with Crippen LogP contribution in [0.2, 0.25) is 0 Å². The van der Waals surface area contributed by atoms with E-state index in [1.807, 2.05) is 31.3 Å². The van der Waals surface area contributed by atoms with Crippen LogP contribution in [0.5, 0.6) is 0 Å². The predicted molar refractivity (Wildman–Crippen MR) is 132 cm³/mol. The Morgan fingerprint density at radius 1 is 1.11 bits per heavy atom. The van der Waals surface area contributed by atoms with Crippen LogP contribution in [-0.4, -0.2) is 37.5 Å². The number of fused-ring (bicyclic) bond motifs is 1. The summed E-state index contributed by atoms with van der Waals surface area (Å²) in [5, 5.41) is 18.2. The molecule has 35 heavy (non-hydrogen) atoms. The monoisotopic (exact) mass is 474 g/mol. The topological polar surface area (TPSA) is 89.2 Å². The summed E-state index contributed by atoms with van der Waals surface area (Å²) in [4.78, 5) is 25.9. The zero-order valence-electron chi connectivity index (χ0n) is 19.4. The van der Waals surface area contributed by atoms with E-state index in [1.54, 1.807) is 29.2 Å². The number of amides is 1. The van der Waals surface area contributed by atoms with Gasteiger partial charge in [-0.25, -0.2) is 4.39 Å². The quantitative estimate of drug-likeness (QED) is 0.462. The van der Waals surface area contributed by atoms with Gasteiger partial charge < -0.3 is 15.0 Å². The highest BCUT2D eigenvalue weighted by atomic mass is 19.1. The van der Waals surface area contributed by atoms with Gasteiger partial charge >= 0.3 is 0 Å². The van der Waals surface area contributed by atoms with Crippen LogP contribution in [0.4, 0.5) is 4.39 Å². The van der Waals surface area contributed by atoms with Gasteiger partial charge in [0.1, 0.15) is 5.82 Å². The summed E-state index contributed by atoms with van der Waals surface area (Å²) in [7, 11) is 1.87. The van der Waals surface area contributed by atoms with E-state index in [4.69, 9.17) is 0 Å². The van der Waals surface area contributed by atoms with Gasteiger partial charge in [-0.05, 0) is 79.1 Å². The van der Waals surface area contributed by atoms with Crippen LogP contribution in [0, 0.1) is 5.82 Å². The number of aryl methyl sites for hydroxylation is 1. The molecule has 1 fully saturated rings. The molecule has 2 N–H and O–H groups in total. The third kappa shape index (κ3) is 4.88. The smallest absolute Gasteiger partial charge is 0.258 e. The highest BCUT2D eigenvalue weighted by molar-refractivity contribution is 5.94. The van der Waals surface area contributed by atoms with E-state index in [2.05, 4.69) is 10.4 Å². The second kappa shape index (κ2) is 9.46. The lowest BCUT2D eigenvalue weighted by Gasteiger charge is -2.26. The molecule has 7 nitrogen and oxygen atoms in total. The van der Waals surface area contributed by atoms with Crippen molar-refractivity contribution >= 4 is 16.7 Å². The number of carbonyl (C=O) groups is 1.